The highest BCUT2D eigenvalue weighted by atomic mass is 79.9. The van der Waals surface area contributed by atoms with Gasteiger partial charge in [0, 0.05) is 36.2 Å². The summed E-state index contributed by atoms with van der Waals surface area (Å²) in [4.78, 5) is 6.75. The Bertz CT molecular complexity index is 1470. The van der Waals surface area contributed by atoms with Crippen LogP contribution < -0.4 is 14.9 Å². The largest absolute Gasteiger partial charge is 0.419 e. The number of anilines is 2. The molecule has 218 valence electrons. The van der Waals surface area contributed by atoms with Crippen molar-refractivity contribution in [2.75, 3.05) is 49.3 Å². The Hall–Kier alpha value is -1.77. The van der Waals surface area contributed by atoms with Crippen LogP contribution >= 0.6 is 43.5 Å². The molecule has 1 saturated carbocycles. The smallest absolute Gasteiger partial charge is 0.249 e. The van der Waals surface area contributed by atoms with E-state index in [0.717, 1.165) is 38.0 Å². The lowest BCUT2D eigenvalue weighted by Crippen LogP contribution is -2.36. The Morgan fingerprint density at radius 3 is 2.45 bits per heavy atom. The topological polar surface area (TPSA) is 128 Å². The van der Waals surface area contributed by atoms with E-state index in [1.54, 1.807) is 13.2 Å². The van der Waals surface area contributed by atoms with Crippen LogP contribution in [0.3, 0.4) is 0 Å². The van der Waals surface area contributed by atoms with E-state index in [2.05, 4.69) is 58.9 Å². The van der Waals surface area contributed by atoms with E-state index in [1.807, 2.05) is 25.1 Å². The molecule has 14 heteroatoms. The predicted octanol–water partition coefficient (Wildman–Crippen LogP) is 5.23. The molecular weight excluding hydrogens is 688 g/mol. The van der Waals surface area contributed by atoms with Crippen LogP contribution in [0.25, 0.3) is 11.5 Å². The molecule has 2 N–H and O–H groups in total. The van der Waals surface area contributed by atoms with Gasteiger partial charge >= 0.3 is 0 Å². The normalized spacial score (nSPS) is 18.4. The molecule has 0 spiro atoms. The molecule has 2 heterocycles. The maximum absolute atomic E-state index is 12.5. The van der Waals surface area contributed by atoms with Crippen LogP contribution in [0.1, 0.15) is 31.7 Å². The molecule has 1 aliphatic rings. The van der Waals surface area contributed by atoms with Gasteiger partial charge in [0.2, 0.25) is 21.8 Å². The van der Waals surface area contributed by atoms with Crippen molar-refractivity contribution in [3.63, 3.8) is 0 Å². The Labute approximate surface area is 256 Å². The molecule has 3 aromatic rings. The van der Waals surface area contributed by atoms with Crippen molar-refractivity contribution in [1.29, 1.82) is 0 Å². The van der Waals surface area contributed by atoms with Crippen LogP contribution in [0.4, 0.5) is 11.6 Å². The minimum atomic E-state index is -3.67. The average molecular weight is 721 g/mol. The third-order valence-electron chi connectivity index (χ3n) is 6.98. The third kappa shape index (κ3) is 7.35. The lowest BCUT2D eigenvalue weighted by atomic mass is 9.94. The summed E-state index contributed by atoms with van der Waals surface area (Å²) in [5.41, 5.74) is 7.00. The maximum Gasteiger partial charge on any atom is 0.249 e. The SMILES string of the molecule is COCCN(C[C@@H]1C[C@H]1C)c1cc(-c2nnc(C(C)(N)Cc3cc(Br)cc(Br)c3)o2)c(Cl)c(N(C)S(C)(=O)=O)n1. The summed E-state index contributed by atoms with van der Waals surface area (Å²) in [6.07, 6.45) is 2.64. The minimum absolute atomic E-state index is 0.0668. The second kappa shape index (κ2) is 12.2. The second-order valence-electron chi connectivity index (χ2n) is 10.6. The van der Waals surface area contributed by atoms with Crippen molar-refractivity contribution in [2.24, 2.45) is 17.6 Å². The van der Waals surface area contributed by atoms with E-state index < -0.39 is 15.6 Å². The monoisotopic (exact) mass is 718 g/mol. The number of hydrogen-bond donors (Lipinski definition) is 1. The number of sulfonamides is 1. The Kier molecular flexibility index (Phi) is 9.53. The number of hydrogen-bond acceptors (Lipinski definition) is 9. The van der Waals surface area contributed by atoms with Gasteiger partial charge in [0.15, 0.2) is 5.82 Å². The number of ether oxygens (including phenoxy) is 1. The van der Waals surface area contributed by atoms with Gasteiger partial charge in [-0.15, -0.1) is 10.2 Å². The van der Waals surface area contributed by atoms with E-state index >= 15 is 0 Å². The second-order valence-corrected chi connectivity index (χ2v) is 14.8. The van der Waals surface area contributed by atoms with Crippen LogP contribution in [0, 0.1) is 11.8 Å². The molecule has 0 radical (unpaired) electrons. The number of benzene rings is 1. The quantitative estimate of drug-likeness (QED) is 0.268. The number of nitrogens with zero attached hydrogens (tertiary/aromatic N) is 5. The molecule has 10 nitrogen and oxygen atoms in total. The van der Waals surface area contributed by atoms with Gasteiger partial charge < -0.3 is 19.8 Å². The van der Waals surface area contributed by atoms with Crippen LogP contribution in [0.15, 0.2) is 37.6 Å². The first-order chi connectivity index (χ1) is 18.7. The van der Waals surface area contributed by atoms with Gasteiger partial charge in [0.1, 0.15) is 5.82 Å². The summed E-state index contributed by atoms with van der Waals surface area (Å²) in [7, 11) is -0.621. The Balaban J connectivity index is 1.76. The van der Waals surface area contributed by atoms with E-state index in [9.17, 15) is 8.42 Å². The van der Waals surface area contributed by atoms with Crippen molar-refractivity contribution in [2.45, 2.75) is 32.2 Å². The van der Waals surface area contributed by atoms with Crippen molar-refractivity contribution < 1.29 is 17.6 Å². The summed E-state index contributed by atoms with van der Waals surface area (Å²) in [6.45, 7) is 5.80. The molecular formula is C26H33Br2ClN6O4S. The first-order valence-corrected chi connectivity index (χ1v) is 16.5. The van der Waals surface area contributed by atoms with Crippen LogP contribution in [-0.4, -0.2) is 63.7 Å². The lowest BCUT2D eigenvalue weighted by Gasteiger charge is -2.26. The standard InChI is InChI=1S/C26H33Br2ClN6O4S/c1-15-8-17(15)14-35(6-7-38-4)21-12-20(22(29)23(31-21)34(3)40(5,36)37)24-32-33-25(39-24)26(2,30)13-16-9-18(27)11-19(28)10-16/h9-12,15,17H,6-8,13-14,30H2,1-5H3/t15-,17+,26?/m1/s1. The fraction of sp³-hybridized carbons (Fsp3) is 0.500. The molecule has 1 aromatic carbocycles. The highest BCUT2D eigenvalue weighted by Crippen LogP contribution is 2.41. The molecule has 0 amide bonds. The lowest BCUT2D eigenvalue weighted by molar-refractivity contribution is 0.204. The van der Waals surface area contributed by atoms with Gasteiger partial charge in [-0.3, -0.25) is 4.31 Å². The number of halogens is 3. The maximum atomic E-state index is 12.5. The van der Waals surface area contributed by atoms with E-state index in [1.165, 1.54) is 7.05 Å². The van der Waals surface area contributed by atoms with Gasteiger partial charge in [-0.05, 0) is 61.4 Å². The molecule has 4 rings (SSSR count). The fourth-order valence-electron chi connectivity index (χ4n) is 4.40. The minimum Gasteiger partial charge on any atom is -0.419 e. The fourth-order valence-corrected chi connectivity index (χ4v) is 6.59. The van der Waals surface area contributed by atoms with Gasteiger partial charge in [-0.2, -0.15) is 0 Å². The summed E-state index contributed by atoms with van der Waals surface area (Å²) in [5, 5.41) is 8.59. The zero-order valence-electron chi connectivity index (χ0n) is 23.0. The summed E-state index contributed by atoms with van der Waals surface area (Å²) in [6, 6.07) is 7.64. The Morgan fingerprint density at radius 1 is 1.23 bits per heavy atom. The highest BCUT2D eigenvalue weighted by molar-refractivity contribution is 9.11. The van der Waals surface area contributed by atoms with Crippen LogP contribution in [0.2, 0.25) is 5.02 Å². The number of aromatic nitrogens is 3. The van der Waals surface area contributed by atoms with Crippen LogP contribution in [0.5, 0.6) is 0 Å². The van der Waals surface area contributed by atoms with Crippen molar-refractivity contribution >= 4 is 65.1 Å². The van der Waals surface area contributed by atoms with Crippen molar-refractivity contribution in [1.82, 2.24) is 15.2 Å². The predicted molar refractivity (Wildman–Crippen MR) is 164 cm³/mol. The molecule has 2 aromatic heterocycles. The molecule has 40 heavy (non-hydrogen) atoms. The number of pyridine rings is 1. The van der Waals surface area contributed by atoms with Gasteiger partial charge in [-0.25, -0.2) is 13.4 Å². The van der Waals surface area contributed by atoms with Crippen LogP contribution in [-0.2, 0) is 26.7 Å². The average Bonchev–Trinajstić information content (AvgIpc) is 3.32. The number of nitrogens with two attached hydrogens (primary N) is 1. The van der Waals surface area contributed by atoms with Gasteiger partial charge in [0.05, 0.1) is 29.0 Å². The number of rotatable bonds is 12. The van der Waals surface area contributed by atoms with E-state index in [4.69, 9.17) is 26.5 Å². The van der Waals surface area contributed by atoms with Gasteiger partial charge in [-0.1, -0.05) is 50.4 Å². The summed E-state index contributed by atoms with van der Waals surface area (Å²) in [5.74, 6) is 2.06. The Morgan fingerprint density at radius 2 is 1.88 bits per heavy atom. The van der Waals surface area contributed by atoms with Crippen molar-refractivity contribution in [3.8, 4) is 11.5 Å². The third-order valence-corrected chi connectivity index (χ3v) is 9.44. The van der Waals surface area contributed by atoms with Crippen molar-refractivity contribution in [3.05, 3.63) is 49.7 Å². The molecule has 0 saturated heterocycles. The zero-order chi connectivity index (χ0) is 29.4. The molecule has 0 aliphatic heterocycles. The molecule has 1 unspecified atom stereocenters. The highest BCUT2D eigenvalue weighted by Gasteiger charge is 2.35. The van der Waals surface area contributed by atoms with E-state index in [0.29, 0.717) is 42.8 Å². The first kappa shape index (κ1) is 31.2. The summed E-state index contributed by atoms with van der Waals surface area (Å²) >= 11 is 13.8. The molecule has 1 aliphatic carbocycles. The van der Waals surface area contributed by atoms with E-state index in [-0.39, 0.29) is 22.6 Å². The number of methoxy groups -OCH3 is 1. The molecule has 0 bridgehead atoms. The first-order valence-electron chi connectivity index (χ1n) is 12.7. The summed E-state index contributed by atoms with van der Waals surface area (Å²) < 4.78 is 39.3. The molecule has 1 fully saturated rings. The van der Waals surface area contributed by atoms with Gasteiger partial charge in [0.25, 0.3) is 0 Å². The zero-order valence-corrected chi connectivity index (χ0v) is 27.7. The molecule has 3 atom stereocenters.